The Morgan fingerprint density at radius 3 is 2.21 bits per heavy atom. The highest BCUT2D eigenvalue weighted by Crippen LogP contribution is 2.44. The summed E-state index contributed by atoms with van der Waals surface area (Å²) >= 11 is 0. The lowest BCUT2D eigenvalue weighted by atomic mass is 9.64. The van der Waals surface area contributed by atoms with Crippen LogP contribution in [0.25, 0.3) is 0 Å². The maximum atomic E-state index is 3.62. The fourth-order valence-corrected chi connectivity index (χ4v) is 3.39. The van der Waals surface area contributed by atoms with Crippen molar-refractivity contribution in [1.29, 1.82) is 0 Å². The molecule has 2 rings (SSSR count). The quantitative estimate of drug-likeness (QED) is 0.841. The summed E-state index contributed by atoms with van der Waals surface area (Å²) in [5.74, 6) is 1.59. The molecule has 1 saturated carbocycles. The van der Waals surface area contributed by atoms with Gasteiger partial charge in [-0.3, -0.25) is 0 Å². The average Bonchev–Trinajstić information content (AvgIpc) is 2.34. The molecule has 0 bridgehead atoms. The van der Waals surface area contributed by atoms with Gasteiger partial charge < -0.3 is 5.32 Å². The molecular weight excluding hydrogens is 230 g/mol. The van der Waals surface area contributed by atoms with Crippen molar-refractivity contribution in [2.75, 3.05) is 6.54 Å². The molecule has 0 aliphatic heterocycles. The number of nitrogens with one attached hydrogen (secondary N) is 1. The Morgan fingerprint density at radius 1 is 1.11 bits per heavy atom. The first-order chi connectivity index (χ1) is 8.97. The van der Waals surface area contributed by atoms with E-state index < -0.39 is 0 Å². The van der Waals surface area contributed by atoms with E-state index in [2.05, 4.69) is 64.2 Å². The van der Waals surface area contributed by atoms with Crippen LogP contribution in [0.5, 0.6) is 0 Å². The summed E-state index contributed by atoms with van der Waals surface area (Å²) in [7, 11) is 0. The molecule has 1 aliphatic rings. The molecule has 0 heterocycles. The molecule has 1 N–H and O–H groups in total. The Balaban J connectivity index is 2.07. The fraction of sp³-hybridized carbons (Fsp3) is 0.667. The van der Waals surface area contributed by atoms with Crippen molar-refractivity contribution in [2.24, 2.45) is 5.92 Å². The minimum atomic E-state index is 0.259. The summed E-state index contributed by atoms with van der Waals surface area (Å²) in [5, 5.41) is 3.62. The second kappa shape index (κ2) is 5.66. The second-order valence-corrected chi connectivity index (χ2v) is 6.95. The Hall–Kier alpha value is -0.820. The second-order valence-electron chi connectivity index (χ2n) is 6.95. The molecule has 1 heteroatoms. The number of rotatable bonds is 4. The van der Waals surface area contributed by atoms with Gasteiger partial charge in [-0.2, -0.15) is 0 Å². The predicted molar refractivity (Wildman–Crippen MR) is 83.7 cm³/mol. The molecule has 1 nitrogen and oxygen atoms in total. The zero-order valence-electron chi connectivity index (χ0n) is 13.2. The minimum absolute atomic E-state index is 0.259. The first kappa shape index (κ1) is 14.6. The van der Waals surface area contributed by atoms with E-state index in [0.717, 1.165) is 24.4 Å². The maximum Gasteiger partial charge on any atom is 0.0107 e. The van der Waals surface area contributed by atoms with Gasteiger partial charge in [-0.25, -0.2) is 0 Å². The van der Waals surface area contributed by atoms with Crippen LogP contribution >= 0.6 is 0 Å². The van der Waals surface area contributed by atoms with Crippen molar-refractivity contribution in [3.05, 3.63) is 35.4 Å². The summed E-state index contributed by atoms with van der Waals surface area (Å²) in [6.45, 7) is 12.5. The van der Waals surface area contributed by atoms with E-state index in [0.29, 0.717) is 0 Å². The van der Waals surface area contributed by atoms with Crippen LogP contribution in [0.3, 0.4) is 0 Å². The van der Waals surface area contributed by atoms with Gasteiger partial charge in [0.25, 0.3) is 0 Å². The highest BCUT2D eigenvalue weighted by atomic mass is 14.9. The molecule has 1 aromatic carbocycles. The van der Waals surface area contributed by atoms with Crippen LogP contribution < -0.4 is 5.32 Å². The first-order valence-corrected chi connectivity index (χ1v) is 7.81. The third-order valence-corrected chi connectivity index (χ3v) is 4.68. The lowest BCUT2D eigenvalue weighted by Crippen LogP contribution is -2.48. The van der Waals surface area contributed by atoms with Crippen molar-refractivity contribution in [3.63, 3.8) is 0 Å². The molecular formula is C18H29N. The van der Waals surface area contributed by atoms with Crippen LogP contribution in [0.4, 0.5) is 0 Å². The van der Waals surface area contributed by atoms with Gasteiger partial charge in [-0.1, -0.05) is 65.3 Å². The molecule has 3 atom stereocenters. The van der Waals surface area contributed by atoms with Gasteiger partial charge in [0.2, 0.25) is 0 Å². The van der Waals surface area contributed by atoms with E-state index in [1.54, 1.807) is 0 Å². The maximum absolute atomic E-state index is 3.62. The van der Waals surface area contributed by atoms with Crippen LogP contribution in [0, 0.1) is 5.92 Å². The third-order valence-electron chi connectivity index (χ3n) is 4.68. The van der Waals surface area contributed by atoms with Crippen molar-refractivity contribution >= 4 is 0 Å². The molecule has 106 valence electrons. The van der Waals surface area contributed by atoms with Crippen molar-refractivity contribution in [3.8, 4) is 0 Å². The van der Waals surface area contributed by atoms with Gasteiger partial charge in [0.1, 0.15) is 0 Å². The normalized spacial score (nSPS) is 27.1. The summed E-state index contributed by atoms with van der Waals surface area (Å²) in [6, 6.07) is 10.1. The van der Waals surface area contributed by atoms with Gasteiger partial charge >= 0.3 is 0 Å². The summed E-state index contributed by atoms with van der Waals surface area (Å²) < 4.78 is 0. The lowest BCUT2D eigenvalue weighted by molar-refractivity contribution is 0.163. The highest BCUT2D eigenvalue weighted by Gasteiger charge is 2.39. The fourth-order valence-electron chi connectivity index (χ4n) is 3.39. The molecule has 3 unspecified atom stereocenters. The summed E-state index contributed by atoms with van der Waals surface area (Å²) in [5.41, 5.74) is 3.23. The van der Waals surface area contributed by atoms with Crippen LogP contribution in [0.2, 0.25) is 0 Å². The predicted octanol–water partition coefficient (Wildman–Crippen LogP) is 4.48. The van der Waals surface area contributed by atoms with Gasteiger partial charge in [0.15, 0.2) is 0 Å². The molecule has 19 heavy (non-hydrogen) atoms. The van der Waals surface area contributed by atoms with E-state index in [4.69, 9.17) is 0 Å². The summed E-state index contributed by atoms with van der Waals surface area (Å²) in [6.07, 6.45) is 2.59. The van der Waals surface area contributed by atoms with Crippen molar-refractivity contribution < 1.29 is 0 Å². The zero-order chi connectivity index (χ0) is 14.0. The topological polar surface area (TPSA) is 12.0 Å². The van der Waals surface area contributed by atoms with Gasteiger partial charge in [0.05, 0.1) is 0 Å². The van der Waals surface area contributed by atoms with Crippen LogP contribution in [0.15, 0.2) is 24.3 Å². The standard InChI is InChI=1S/C18H29N/c1-6-15-16(12-17(15)19-7-2)13-8-10-14(11-9-13)18(3,4)5/h8-11,15-17,19H,6-7,12H2,1-5H3. The van der Waals surface area contributed by atoms with Crippen molar-refractivity contribution in [2.45, 2.75) is 64.8 Å². The lowest BCUT2D eigenvalue weighted by Gasteiger charge is -2.45. The van der Waals surface area contributed by atoms with Gasteiger partial charge in [0, 0.05) is 6.04 Å². The molecule has 0 aromatic heterocycles. The number of benzene rings is 1. The van der Waals surface area contributed by atoms with Gasteiger partial charge in [-0.15, -0.1) is 0 Å². The third kappa shape index (κ3) is 3.02. The number of hydrogen-bond acceptors (Lipinski definition) is 1. The molecule has 1 aliphatic carbocycles. The van der Waals surface area contributed by atoms with E-state index >= 15 is 0 Å². The van der Waals surface area contributed by atoms with Crippen LogP contribution in [0.1, 0.15) is 64.5 Å². The average molecular weight is 259 g/mol. The largest absolute Gasteiger partial charge is 0.314 e. The molecule has 1 fully saturated rings. The van der Waals surface area contributed by atoms with Gasteiger partial charge in [-0.05, 0) is 41.3 Å². The Bertz CT molecular complexity index is 399. The first-order valence-electron chi connectivity index (χ1n) is 7.81. The molecule has 0 spiro atoms. The van der Waals surface area contributed by atoms with E-state index in [-0.39, 0.29) is 5.41 Å². The summed E-state index contributed by atoms with van der Waals surface area (Å²) in [4.78, 5) is 0. The van der Waals surface area contributed by atoms with E-state index in [9.17, 15) is 0 Å². The molecule has 0 amide bonds. The Morgan fingerprint density at radius 2 is 1.74 bits per heavy atom. The smallest absolute Gasteiger partial charge is 0.0107 e. The monoisotopic (exact) mass is 259 g/mol. The SMILES string of the molecule is CCNC1CC(c2ccc(C(C)(C)C)cc2)C1CC. The minimum Gasteiger partial charge on any atom is -0.314 e. The number of hydrogen-bond donors (Lipinski definition) is 1. The molecule has 0 saturated heterocycles. The molecule has 1 aromatic rings. The Kier molecular flexibility index (Phi) is 4.35. The Labute approximate surface area is 118 Å². The van der Waals surface area contributed by atoms with E-state index in [1.807, 2.05) is 0 Å². The molecule has 0 radical (unpaired) electrons. The zero-order valence-corrected chi connectivity index (χ0v) is 13.2. The van der Waals surface area contributed by atoms with Crippen molar-refractivity contribution in [1.82, 2.24) is 5.32 Å². The van der Waals surface area contributed by atoms with E-state index in [1.165, 1.54) is 24.0 Å². The highest BCUT2D eigenvalue weighted by molar-refractivity contribution is 5.31. The van der Waals surface area contributed by atoms with Crippen LogP contribution in [-0.2, 0) is 5.41 Å². The van der Waals surface area contributed by atoms with Crippen LogP contribution in [-0.4, -0.2) is 12.6 Å².